The van der Waals surface area contributed by atoms with Crippen LogP contribution in [0.3, 0.4) is 0 Å². The van der Waals surface area contributed by atoms with Crippen LogP contribution in [0.4, 0.5) is 11.5 Å². The minimum Gasteiger partial charge on any atom is -0.486 e. The number of benzene rings is 1. The molecule has 1 saturated heterocycles. The van der Waals surface area contributed by atoms with Crippen LogP contribution in [0.2, 0.25) is 5.02 Å². The summed E-state index contributed by atoms with van der Waals surface area (Å²) in [5.41, 5.74) is 3.46. The predicted molar refractivity (Wildman–Crippen MR) is 139 cm³/mol. The van der Waals surface area contributed by atoms with Crippen molar-refractivity contribution in [1.82, 2.24) is 29.8 Å². The summed E-state index contributed by atoms with van der Waals surface area (Å²) in [5.74, 6) is 1.36. The number of amides is 1. The zero-order valence-corrected chi connectivity index (χ0v) is 20.9. The van der Waals surface area contributed by atoms with Gasteiger partial charge in [0.1, 0.15) is 30.3 Å². The SMILES string of the molecule is C=CC(=O)N1CC[C@H](Oc2ccc3ncnc(Nc4ccc(OCc5cnc(C)cn5)c(Cl)c4)c3n2)C1. The summed E-state index contributed by atoms with van der Waals surface area (Å²) in [6.07, 6.45) is 6.72. The molecule has 0 unspecified atom stereocenters. The average molecular weight is 518 g/mol. The molecule has 0 radical (unpaired) electrons. The first-order valence-corrected chi connectivity index (χ1v) is 12.0. The molecule has 0 aliphatic carbocycles. The number of carbonyl (C=O) groups is 1. The number of aromatic nitrogens is 5. The number of hydrogen-bond donors (Lipinski definition) is 1. The lowest BCUT2D eigenvalue weighted by Gasteiger charge is -2.15. The highest BCUT2D eigenvalue weighted by molar-refractivity contribution is 6.32. The van der Waals surface area contributed by atoms with E-state index in [2.05, 4.69) is 36.8 Å². The zero-order valence-electron chi connectivity index (χ0n) is 20.1. The van der Waals surface area contributed by atoms with E-state index in [9.17, 15) is 4.79 Å². The minimum atomic E-state index is -0.146. The first-order valence-electron chi connectivity index (χ1n) is 11.6. The third-order valence-electron chi connectivity index (χ3n) is 5.78. The molecule has 37 heavy (non-hydrogen) atoms. The summed E-state index contributed by atoms with van der Waals surface area (Å²) >= 11 is 6.47. The Morgan fingerprint density at radius 2 is 2.11 bits per heavy atom. The average Bonchev–Trinajstić information content (AvgIpc) is 3.37. The third kappa shape index (κ3) is 5.75. The summed E-state index contributed by atoms with van der Waals surface area (Å²) in [6, 6.07) is 8.94. The maximum atomic E-state index is 11.9. The summed E-state index contributed by atoms with van der Waals surface area (Å²) in [5, 5.41) is 3.68. The number of hydrogen-bond acceptors (Lipinski definition) is 9. The van der Waals surface area contributed by atoms with Gasteiger partial charge < -0.3 is 19.7 Å². The number of nitrogens with zero attached hydrogens (tertiary/aromatic N) is 6. The summed E-state index contributed by atoms with van der Waals surface area (Å²) in [4.78, 5) is 35.4. The molecule has 0 spiro atoms. The number of fused-ring (bicyclic) bond motifs is 1. The van der Waals surface area contributed by atoms with Crippen LogP contribution in [0.25, 0.3) is 11.0 Å². The molecule has 11 heteroatoms. The maximum Gasteiger partial charge on any atom is 0.246 e. The van der Waals surface area contributed by atoms with Gasteiger partial charge in [-0.3, -0.25) is 14.8 Å². The number of halogens is 1. The number of ether oxygens (including phenoxy) is 2. The van der Waals surface area contributed by atoms with Crippen molar-refractivity contribution in [2.75, 3.05) is 18.4 Å². The molecule has 1 fully saturated rings. The van der Waals surface area contributed by atoms with E-state index < -0.39 is 0 Å². The molecule has 1 amide bonds. The lowest BCUT2D eigenvalue weighted by Crippen LogP contribution is -2.29. The second-order valence-corrected chi connectivity index (χ2v) is 8.87. The van der Waals surface area contributed by atoms with Crippen molar-refractivity contribution in [3.8, 4) is 11.6 Å². The van der Waals surface area contributed by atoms with Gasteiger partial charge in [-0.1, -0.05) is 18.2 Å². The molecular formula is C26H24ClN7O3. The van der Waals surface area contributed by atoms with Gasteiger partial charge in [0.25, 0.3) is 0 Å². The largest absolute Gasteiger partial charge is 0.486 e. The lowest BCUT2D eigenvalue weighted by atomic mass is 10.2. The fraction of sp³-hybridized carbons (Fsp3) is 0.231. The Bertz CT molecular complexity index is 1450. The number of anilines is 2. The van der Waals surface area contributed by atoms with Gasteiger partial charge >= 0.3 is 0 Å². The number of nitrogens with one attached hydrogen (secondary N) is 1. The molecule has 188 valence electrons. The van der Waals surface area contributed by atoms with Crippen LogP contribution in [0, 0.1) is 6.92 Å². The molecule has 10 nitrogen and oxygen atoms in total. The molecule has 1 N–H and O–H groups in total. The van der Waals surface area contributed by atoms with Crippen LogP contribution in [0.5, 0.6) is 11.6 Å². The second kappa shape index (κ2) is 10.8. The topological polar surface area (TPSA) is 115 Å². The number of pyridine rings is 1. The Hall–Kier alpha value is -4.31. The summed E-state index contributed by atoms with van der Waals surface area (Å²) in [6.45, 7) is 6.78. The number of rotatable bonds is 8. The molecule has 1 aromatic carbocycles. The Kier molecular flexibility index (Phi) is 7.09. The van der Waals surface area contributed by atoms with Gasteiger partial charge in [-0.2, -0.15) is 0 Å². The molecule has 0 bridgehead atoms. The Morgan fingerprint density at radius 3 is 2.89 bits per heavy atom. The Balaban J connectivity index is 1.29. The van der Waals surface area contributed by atoms with Gasteiger partial charge in [0.15, 0.2) is 5.82 Å². The third-order valence-corrected chi connectivity index (χ3v) is 6.08. The van der Waals surface area contributed by atoms with Crippen molar-refractivity contribution in [3.05, 3.63) is 78.1 Å². The van der Waals surface area contributed by atoms with E-state index >= 15 is 0 Å². The van der Waals surface area contributed by atoms with E-state index in [1.54, 1.807) is 35.5 Å². The van der Waals surface area contributed by atoms with Crippen LogP contribution in [0.15, 0.2) is 61.7 Å². The molecule has 4 heterocycles. The van der Waals surface area contributed by atoms with Crippen molar-refractivity contribution >= 4 is 40.0 Å². The fourth-order valence-electron chi connectivity index (χ4n) is 3.88. The molecule has 1 aliphatic heterocycles. The van der Waals surface area contributed by atoms with Crippen LogP contribution in [0.1, 0.15) is 17.8 Å². The highest BCUT2D eigenvalue weighted by atomic mass is 35.5. The smallest absolute Gasteiger partial charge is 0.246 e. The highest BCUT2D eigenvalue weighted by Gasteiger charge is 2.26. The predicted octanol–water partition coefficient (Wildman–Crippen LogP) is 4.26. The summed E-state index contributed by atoms with van der Waals surface area (Å²) in [7, 11) is 0. The van der Waals surface area contributed by atoms with Crippen LogP contribution < -0.4 is 14.8 Å². The van der Waals surface area contributed by atoms with E-state index in [0.29, 0.717) is 58.0 Å². The van der Waals surface area contributed by atoms with Crippen LogP contribution in [-0.2, 0) is 11.4 Å². The molecule has 3 aromatic heterocycles. The second-order valence-electron chi connectivity index (χ2n) is 8.46. The lowest BCUT2D eigenvalue weighted by molar-refractivity contribution is -0.125. The van der Waals surface area contributed by atoms with Gasteiger partial charge in [-0.15, -0.1) is 0 Å². The standard InChI is InChI=1S/C26H24ClN7O3/c1-3-24(35)34-9-8-19(13-34)37-23-7-5-21-25(33-23)26(31-15-30-21)32-17-4-6-22(20(27)10-17)36-14-18-12-28-16(2)11-29-18/h3-7,10-12,15,19H,1,8-9,13-14H2,2H3,(H,30,31,32)/t19-/m0/s1. The van der Waals surface area contributed by atoms with Crippen molar-refractivity contribution < 1.29 is 14.3 Å². The van der Waals surface area contributed by atoms with Crippen LogP contribution >= 0.6 is 11.6 Å². The van der Waals surface area contributed by atoms with Crippen molar-refractivity contribution in [1.29, 1.82) is 0 Å². The normalized spacial score (nSPS) is 15.0. The fourth-order valence-corrected chi connectivity index (χ4v) is 4.12. The van der Waals surface area contributed by atoms with E-state index in [1.807, 2.05) is 19.1 Å². The quantitative estimate of drug-likeness (QED) is 0.342. The number of carbonyl (C=O) groups excluding carboxylic acids is 1. The van der Waals surface area contributed by atoms with E-state index in [-0.39, 0.29) is 18.6 Å². The molecule has 1 atom stereocenters. The van der Waals surface area contributed by atoms with Gasteiger partial charge in [-0.05, 0) is 37.3 Å². The highest BCUT2D eigenvalue weighted by Crippen LogP contribution is 2.31. The maximum absolute atomic E-state index is 11.9. The Labute approximate surface area is 218 Å². The van der Waals surface area contributed by atoms with Crippen molar-refractivity contribution in [3.63, 3.8) is 0 Å². The first-order chi connectivity index (χ1) is 18.0. The zero-order chi connectivity index (χ0) is 25.8. The number of aryl methyl sites for hydroxylation is 1. The Morgan fingerprint density at radius 1 is 1.22 bits per heavy atom. The van der Waals surface area contributed by atoms with E-state index in [1.165, 1.54) is 12.4 Å². The minimum absolute atomic E-state index is 0.101. The van der Waals surface area contributed by atoms with Crippen molar-refractivity contribution in [2.45, 2.75) is 26.1 Å². The van der Waals surface area contributed by atoms with Gasteiger partial charge in [0.2, 0.25) is 11.8 Å². The molecule has 4 aromatic rings. The van der Waals surface area contributed by atoms with Gasteiger partial charge in [0.05, 0.1) is 34.7 Å². The molecule has 0 saturated carbocycles. The van der Waals surface area contributed by atoms with Gasteiger partial charge in [-0.25, -0.2) is 15.0 Å². The van der Waals surface area contributed by atoms with E-state index in [0.717, 1.165) is 12.1 Å². The summed E-state index contributed by atoms with van der Waals surface area (Å²) < 4.78 is 11.8. The van der Waals surface area contributed by atoms with Crippen LogP contribution in [-0.4, -0.2) is 54.9 Å². The molecular weight excluding hydrogens is 494 g/mol. The van der Waals surface area contributed by atoms with Crippen molar-refractivity contribution in [2.24, 2.45) is 0 Å². The number of likely N-dealkylation sites (tertiary alicyclic amines) is 1. The van der Waals surface area contributed by atoms with E-state index in [4.69, 9.17) is 21.1 Å². The monoisotopic (exact) mass is 517 g/mol. The molecule has 5 rings (SSSR count). The first kappa shape index (κ1) is 24.4. The molecule has 1 aliphatic rings. The van der Waals surface area contributed by atoms with Gasteiger partial charge in [0, 0.05) is 30.9 Å².